The number of carboxylic acid groups (broad SMARTS) is 1. The number of nitrogens with zero attached hydrogens (tertiary/aromatic N) is 1. The molecule has 108 valence electrons. The van der Waals surface area contributed by atoms with Crippen LogP contribution in [0.3, 0.4) is 0 Å². The van der Waals surface area contributed by atoms with Crippen molar-refractivity contribution in [1.29, 1.82) is 0 Å². The lowest BCUT2D eigenvalue weighted by Crippen LogP contribution is -2.36. The number of anilines is 1. The van der Waals surface area contributed by atoms with Crippen LogP contribution >= 0.6 is 0 Å². The predicted octanol–water partition coefficient (Wildman–Crippen LogP) is 1.79. The zero-order chi connectivity index (χ0) is 14.5. The Morgan fingerprint density at radius 1 is 1.30 bits per heavy atom. The van der Waals surface area contributed by atoms with Gasteiger partial charge in [-0.2, -0.15) is 0 Å². The van der Waals surface area contributed by atoms with Crippen LogP contribution in [0.25, 0.3) is 0 Å². The summed E-state index contributed by atoms with van der Waals surface area (Å²) in [6.45, 7) is 1.25. The molecule has 1 heterocycles. The molecular formula is C15H20N2O3. The molecule has 1 aliphatic rings. The summed E-state index contributed by atoms with van der Waals surface area (Å²) in [5.41, 5.74) is 7.27. The number of carbonyl (C=O) groups is 2. The van der Waals surface area contributed by atoms with Crippen LogP contribution in [-0.4, -0.2) is 30.1 Å². The molecule has 0 saturated carbocycles. The first kappa shape index (κ1) is 14.5. The van der Waals surface area contributed by atoms with Crippen LogP contribution in [0.2, 0.25) is 0 Å². The van der Waals surface area contributed by atoms with Crippen LogP contribution in [0, 0.1) is 0 Å². The molecule has 3 N–H and O–H groups in total. The molecule has 5 heteroatoms. The normalized spacial score (nSPS) is 13.9. The summed E-state index contributed by atoms with van der Waals surface area (Å²) >= 11 is 0. The van der Waals surface area contributed by atoms with Gasteiger partial charge >= 0.3 is 5.97 Å². The van der Waals surface area contributed by atoms with E-state index in [1.165, 1.54) is 0 Å². The van der Waals surface area contributed by atoms with E-state index >= 15 is 0 Å². The van der Waals surface area contributed by atoms with E-state index in [-0.39, 0.29) is 5.91 Å². The van der Waals surface area contributed by atoms with Crippen molar-refractivity contribution < 1.29 is 14.7 Å². The van der Waals surface area contributed by atoms with E-state index in [0.717, 1.165) is 30.5 Å². The van der Waals surface area contributed by atoms with Crippen molar-refractivity contribution in [2.75, 3.05) is 18.0 Å². The molecule has 1 aromatic rings. The van der Waals surface area contributed by atoms with Crippen LogP contribution in [0.15, 0.2) is 18.2 Å². The highest BCUT2D eigenvalue weighted by Crippen LogP contribution is 2.30. The number of hydrogen-bond donors (Lipinski definition) is 2. The average Bonchev–Trinajstić information content (AvgIpc) is 2.46. The van der Waals surface area contributed by atoms with Gasteiger partial charge in [0, 0.05) is 18.7 Å². The minimum Gasteiger partial charge on any atom is -0.478 e. The summed E-state index contributed by atoms with van der Waals surface area (Å²) in [5, 5.41) is 9.22. The standard InChI is InChI=1S/C15H20N2O3/c16-9-2-1-8-14(18)17-10-4-6-11-12(15(19)20)5-3-7-13(11)17/h3,5,7H,1-2,4,6,8-10,16H2,(H,19,20). The van der Waals surface area contributed by atoms with Crippen LogP contribution in [0.4, 0.5) is 5.69 Å². The van der Waals surface area contributed by atoms with Gasteiger partial charge < -0.3 is 15.7 Å². The summed E-state index contributed by atoms with van der Waals surface area (Å²) < 4.78 is 0. The first-order valence-corrected chi connectivity index (χ1v) is 7.00. The van der Waals surface area contributed by atoms with Crippen LogP contribution in [0.5, 0.6) is 0 Å². The second kappa shape index (κ2) is 6.52. The molecule has 20 heavy (non-hydrogen) atoms. The van der Waals surface area contributed by atoms with Crippen LogP contribution in [-0.2, 0) is 11.2 Å². The third-order valence-electron chi connectivity index (χ3n) is 3.63. The molecule has 0 saturated heterocycles. The quantitative estimate of drug-likeness (QED) is 0.803. The third kappa shape index (κ3) is 2.99. The predicted molar refractivity (Wildman–Crippen MR) is 77.0 cm³/mol. The van der Waals surface area contributed by atoms with Gasteiger partial charge in [-0.1, -0.05) is 6.07 Å². The first-order valence-electron chi connectivity index (χ1n) is 7.00. The van der Waals surface area contributed by atoms with Crippen molar-refractivity contribution in [1.82, 2.24) is 0 Å². The van der Waals surface area contributed by atoms with Gasteiger partial charge in [-0.25, -0.2) is 4.79 Å². The molecular weight excluding hydrogens is 256 g/mol. The number of unbranched alkanes of at least 4 members (excludes halogenated alkanes) is 1. The van der Waals surface area contributed by atoms with Crippen molar-refractivity contribution in [3.05, 3.63) is 29.3 Å². The summed E-state index contributed by atoms with van der Waals surface area (Å²) in [7, 11) is 0. The van der Waals surface area contributed by atoms with E-state index in [4.69, 9.17) is 5.73 Å². The lowest BCUT2D eigenvalue weighted by Gasteiger charge is -2.30. The van der Waals surface area contributed by atoms with Crippen molar-refractivity contribution in [2.24, 2.45) is 5.73 Å². The molecule has 0 atom stereocenters. The van der Waals surface area contributed by atoms with E-state index in [0.29, 0.717) is 31.5 Å². The number of benzene rings is 1. The summed E-state index contributed by atoms with van der Waals surface area (Å²) in [6, 6.07) is 5.14. The van der Waals surface area contributed by atoms with Gasteiger partial charge in [0.05, 0.1) is 5.56 Å². The first-order chi connectivity index (χ1) is 9.65. The van der Waals surface area contributed by atoms with Crippen LogP contribution < -0.4 is 10.6 Å². The molecule has 1 aliphatic heterocycles. The molecule has 0 aromatic heterocycles. The lowest BCUT2D eigenvalue weighted by atomic mass is 9.96. The Kier molecular flexibility index (Phi) is 4.74. The molecule has 0 bridgehead atoms. The van der Waals surface area contributed by atoms with Gasteiger partial charge in [0.25, 0.3) is 0 Å². The maximum Gasteiger partial charge on any atom is 0.336 e. The number of fused-ring (bicyclic) bond motifs is 1. The summed E-state index contributed by atoms with van der Waals surface area (Å²) in [6.07, 6.45) is 3.60. The molecule has 0 aliphatic carbocycles. The number of nitrogens with two attached hydrogens (primary N) is 1. The minimum absolute atomic E-state index is 0.0574. The van der Waals surface area contributed by atoms with E-state index in [1.807, 2.05) is 6.07 Å². The summed E-state index contributed by atoms with van der Waals surface area (Å²) in [4.78, 5) is 25.2. The second-order valence-electron chi connectivity index (χ2n) is 5.00. The molecule has 0 fully saturated rings. The Balaban J connectivity index is 2.22. The Bertz CT molecular complexity index is 514. The van der Waals surface area contributed by atoms with Gasteiger partial charge in [0.15, 0.2) is 0 Å². The van der Waals surface area contributed by atoms with Crippen molar-refractivity contribution in [3.63, 3.8) is 0 Å². The molecule has 0 spiro atoms. The number of aromatic carboxylic acids is 1. The average molecular weight is 276 g/mol. The molecule has 1 amide bonds. The number of rotatable bonds is 5. The fraction of sp³-hybridized carbons (Fsp3) is 0.467. The van der Waals surface area contributed by atoms with E-state index < -0.39 is 5.97 Å². The fourth-order valence-electron chi connectivity index (χ4n) is 2.64. The van der Waals surface area contributed by atoms with Gasteiger partial charge in [0.2, 0.25) is 5.91 Å². The van der Waals surface area contributed by atoms with E-state index in [2.05, 4.69) is 0 Å². The Hall–Kier alpha value is -1.88. The lowest BCUT2D eigenvalue weighted by molar-refractivity contribution is -0.118. The molecule has 5 nitrogen and oxygen atoms in total. The maximum atomic E-state index is 12.3. The van der Waals surface area contributed by atoms with Gasteiger partial charge in [-0.15, -0.1) is 0 Å². The zero-order valence-electron chi connectivity index (χ0n) is 11.5. The Morgan fingerprint density at radius 2 is 2.10 bits per heavy atom. The number of carbonyl (C=O) groups excluding carboxylic acids is 1. The van der Waals surface area contributed by atoms with E-state index in [9.17, 15) is 14.7 Å². The number of amides is 1. The SMILES string of the molecule is NCCCCC(=O)N1CCCc2c(C(=O)O)cccc21. The van der Waals surface area contributed by atoms with Crippen LogP contribution in [0.1, 0.15) is 41.6 Å². The van der Waals surface area contributed by atoms with Crippen molar-refractivity contribution in [2.45, 2.75) is 32.1 Å². The van der Waals surface area contributed by atoms with Crippen molar-refractivity contribution in [3.8, 4) is 0 Å². The third-order valence-corrected chi connectivity index (χ3v) is 3.63. The van der Waals surface area contributed by atoms with Gasteiger partial charge in [-0.05, 0) is 49.9 Å². The topological polar surface area (TPSA) is 83.6 Å². The zero-order valence-corrected chi connectivity index (χ0v) is 11.5. The number of carboxylic acids is 1. The summed E-state index contributed by atoms with van der Waals surface area (Å²) in [5.74, 6) is -0.874. The minimum atomic E-state index is -0.931. The smallest absolute Gasteiger partial charge is 0.336 e. The highest BCUT2D eigenvalue weighted by molar-refractivity contribution is 5.98. The van der Waals surface area contributed by atoms with E-state index in [1.54, 1.807) is 17.0 Å². The Labute approximate surface area is 118 Å². The monoisotopic (exact) mass is 276 g/mol. The van der Waals surface area contributed by atoms with Gasteiger partial charge in [0.1, 0.15) is 0 Å². The maximum absolute atomic E-state index is 12.3. The van der Waals surface area contributed by atoms with Gasteiger partial charge in [-0.3, -0.25) is 4.79 Å². The second-order valence-corrected chi connectivity index (χ2v) is 5.00. The molecule has 0 radical (unpaired) electrons. The Morgan fingerprint density at radius 3 is 2.80 bits per heavy atom. The number of hydrogen-bond acceptors (Lipinski definition) is 3. The molecule has 0 unspecified atom stereocenters. The highest BCUT2D eigenvalue weighted by atomic mass is 16.4. The molecule has 2 rings (SSSR count). The highest BCUT2D eigenvalue weighted by Gasteiger charge is 2.25. The fourth-order valence-corrected chi connectivity index (χ4v) is 2.64. The van der Waals surface area contributed by atoms with Crippen molar-refractivity contribution >= 4 is 17.6 Å². The largest absolute Gasteiger partial charge is 0.478 e. The molecule has 1 aromatic carbocycles.